The van der Waals surface area contributed by atoms with E-state index in [2.05, 4.69) is 22.0 Å². The zero-order chi connectivity index (χ0) is 20.5. The molecule has 0 saturated carbocycles. The van der Waals surface area contributed by atoms with Gasteiger partial charge in [-0.3, -0.25) is 9.78 Å². The van der Waals surface area contributed by atoms with Crippen molar-refractivity contribution >= 4 is 5.78 Å². The highest BCUT2D eigenvalue weighted by molar-refractivity contribution is 6.01. The van der Waals surface area contributed by atoms with Crippen molar-refractivity contribution in [3.05, 3.63) is 65.7 Å². The van der Waals surface area contributed by atoms with Crippen molar-refractivity contribution in [1.82, 2.24) is 9.88 Å². The standard InChI is InChI=1S/C25H26N2O3/c28-14-13-27-11-7-18(8-12-27)24-16-22(17-5-9-26-10-6-17)25(30-24)20-1-3-21-19(15-20)2-4-23(21)29/h1,3,5-6,9-10,15-16,18,28H,2,4,7-8,11-14H2. The summed E-state index contributed by atoms with van der Waals surface area (Å²) in [6, 6.07) is 12.3. The number of piperidine rings is 1. The Balaban J connectivity index is 1.51. The van der Waals surface area contributed by atoms with Gasteiger partial charge in [-0.1, -0.05) is 12.1 Å². The summed E-state index contributed by atoms with van der Waals surface area (Å²) >= 11 is 0. The maximum atomic E-state index is 12.0. The number of fused-ring (bicyclic) bond motifs is 1. The van der Waals surface area contributed by atoms with Crippen molar-refractivity contribution in [2.24, 2.45) is 0 Å². The quantitative estimate of drug-likeness (QED) is 0.689. The number of β-amino-alcohol motifs (C(OH)–C–C–N with tert-alkyl or cyclic N) is 1. The number of aliphatic hydroxyl groups excluding tert-OH is 1. The molecule has 0 bridgehead atoms. The van der Waals surface area contributed by atoms with E-state index in [4.69, 9.17) is 4.42 Å². The number of carbonyl (C=O) groups excluding carboxylic acids is 1. The van der Waals surface area contributed by atoms with E-state index in [1.54, 1.807) is 12.4 Å². The van der Waals surface area contributed by atoms with Gasteiger partial charge in [0.2, 0.25) is 0 Å². The Morgan fingerprint density at radius 2 is 1.80 bits per heavy atom. The maximum absolute atomic E-state index is 12.0. The van der Waals surface area contributed by atoms with Gasteiger partial charge < -0.3 is 14.4 Å². The lowest BCUT2D eigenvalue weighted by Gasteiger charge is -2.30. The number of aromatic nitrogens is 1. The first-order chi connectivity index (χ1) is 14.7. The van der Waals surface area contributed by atoms with Crippen LogP contribution in [0.4, 0.5) is 0 Å². The minimum absolute atomic E-state index is 0.211. The van der Waals surface area contributed by atoms with Crippen LogP contribution >= 0.6 is 0 Å². The molecule has 1 saturated heterocycles. The Kier molecular flexibility index (Phi) is 5.23. The third-order valence-corrected chi connectivity index (χ3v) is 6.44. The highest BCUT2D eigenvalue weighted by Gasteiger charge is 2.26. The zero-order valence-electron chi connectivity index (χ0n) is 17.0. The molecule has 0 atom stereocenters. The predicted molar refractivity (Wildman–Crippen MR) is 116 cm³/mol. The number of aryl methyl sites for hydroxylation is 1. The van der Waals surface area contributed by atoms with Gasteiger partial charge in [-0.15, -0.1) is 0 Å². The number of carbonyl (C=O) groups is 1. The van der Waals surface area contributed by atoms with Crippen molar-refractivity contribution in [2.75, 3.05) is 26.2 Å². The summed E-state index contributed by atoms with van der Waals surface area (Å²) < 4.78 is 6.50. The van der Waals surface area contributed by atoms with Crippen molar-refractivity contribution in [1.29, 1.82) is 0 Å². The molecule has 1 aliphatic heterocycles. The van der Waals surface area contributed by atoms with E-state index in [0.29, 0.717) is 12.3 Å². The molecule has 154 valence electrons. The molecule has 1 aliphatic carbocycles. The minimum atomic E-state index is 0.211. The average Bonchev–Trinajstić information content (AvgIpc) is 3.39. The van der Waals surface area contributed by atoms with Crippen LogP contribution < -0.4 is 0 Å². The molecule has 30 heavy (non-hydrogen) atoms. The summed E-state index contributed by atoms with van der Waals surface area (Å²) in [5.41, 5.74) is 5.17. The van der Waals surface area contributed by atoms with E-state index in [0.717, 1.165) is 78.2 Å². The lowest BCUT2D eigenvalue weighted by atomic mass is 9.93. The van der Waals surface area contributed by atoms with Crippen LogP contribution in [0.1, 0.15) is 46.9 Å². The van der Waals surface area contributed by atoms with Gasteiger partial charge in [-0.2, -0.15) is 0 Å². The van der Waals surface area contributed by atoms with Crippen LogP contribution in [-0.4, -0.2) is 47.0 Å². The van der Waals surface area contributed by atoms with Crippen LogP contribution in [0.3, 0.4) is 0 Å². The molecule has 3 heterocycles. The van der Waals surface area contributed by atoms with Crippen LogP contribution in [0, 0.1) is 0 Å². The smallest absolute Gasteiger partial charge is 0.163 e. The molecule has 1 N–H and O–H groups in total. The van der Waals surface area contributed by atoms with Crippen LogP contribution in [-0.2, 0) is 6.42 Å². The van der Waals surface area contributed by atoms with E-state index < -0.39 is 0 Å². The van der Waals surface area contributed by atoms with E-state index >= 15 is 0 Å². The number of aliphatic hydroxyl groups is 1. The second kappa shape index (κ2) is 8.17. The van der Waals surface area contributed by atoms with Crippen molar-refractivity contribution in [3.8, 4) is 22.5 Å². The van der Waals surface area contributed by atoms with Crippen molar-refractivity contribution < 1.29 is 14.3 Å². The molecule has 5 nitrogen and oxygen atoms in total. The highest BCUT2D eigenvalue weighted by atomic mass is 16.3. The number of pyridine rings is 1. The summed E-state index contributed by atoms with van der Waals surface area (Å²) in [7, 11) is 0. The van der Waals surface area contributed by atoms with E-state index in [1.807, 2.05) is 24.3 Å². The lowest BCUT2D eigenvalue weighted by Crippen LogP contribution is -2.34. The van der Waals surface area contributed by atoms with Crippen LogP contribution in [0.15, 0.2) is 53.2 Å². The number of benzene rings is 1. The number of nitrogens with zero attached hydrogens (tertiary/aromatic N) is 2. The molecule has 5 rings (SSSR count). The third kappa shape index (κ3) is 3.59. The Hall–Kier alpha value is -2.76. The molecule has 0 unspecified atom stereocenters. The summed E-state index contributed by atoms with van der Waals surface area (Å²) in [6.45, 7) is 2.91. The zero-order valence-corrected chi connectivity index (χ0v) is 17.0. The van der Waals surface area contributed by atoms with Crippen molar-refractivity contribution in [3.63, 3.8) is 0 Å². The minimum Gasteiger partial charge on any atom is -0.460 e. The number of hydrogen-bond donors (Lipinski definition) is 1. The van der Waals surface area contributed by atoms with Crippen LogP contribution in [0.2, 0.25) is 0 Å². The third-order valence-electron chi connectivity index (χ3n) is 6.44. The predicted octanol–water partition coefficient (Wildman–Crippen LogP) is 4.31. The molecule has 1 aromatic carbocycles. The van der Waals surface area contributed by atoms with Crippen molar-refractivity contribution in [2.45, 2.75) is 31.6 Å². The van der Waals surface area contributed by atoms with Crippen LogP contribution in [0.25, 0.3) is 22.5 Å². The molecular formula is C25H26N2O3. The van der Waals surface area contributed by atoms with Gasteiger partial charge in [0.25, 0.3) is 0 Å². The number of Topliss-reactive ketones (excluding diaryl/α,β-unsaturated/α-hetero) is 1. The van der Waals surface area contributed by atoms with E-state index in [9.17, 15) is 9.90 Å². The number of furan rings is 1. The fourth-order valence-corrected chi connectivity index (χ4v) is 4.75. The Morgan fingerprint density at radius 3 is 2.57 bits per heavy atom. The van der Waals surface area contributed by atoms with Gasteiger partial charge in [-0.25, -0.2) is 0 Å². The summed E-state index contributed by atoms with van der Waals surface area (Å²) in [5, 5.41) is 9.19. The molecular weight excluding hydrogens is 376 g/mol. The second-order valence-corrected chi connectivity index (χ2v) is 8.26. The fraction of sp³-hybridized carbons (Fsp3) is 0.360. The Morgan fingerprint density at radius 1 is 1.00 bits per heavy atom. The number of hydrogen-bond acceptors (Lipinski definition) is 5. The fourth-order valence-electron chi connectivity index (χ4n) is 4.75. The number of rotatable bonds is 5. The normalized spacial score (nSPS) is 17.4. The van der Waals surface area contributed by atoms with E-state index in [1.165, 1.54) is 0 Å². The van der Waals surface area contributed by atoms with Gasteiger partial charge in [0.15, 0.2) is 5.78 Å². The molecule has 2 aliphatic rings. The van der Waals surface area contributed by atoms with Gasteiger partial charge in [0.05, 0.1) is 6.61 Å². The van der Waals surface area contributed by atoms with Gasteiger partial charge >= 0.3 is 0 Å². The largest absolute Gasteiger partial charge is 0.460 e. The summed E-state index contributed by atoms with van der Waals surface area (Å²) in [6.07, 6.45) is 7.08. The first kappa shape index (κ1) is 19.2. The number of ketones is 1. The SMILES string of the molecule is O=C1CCc2cc(-c3oc(C4CCN(CCO)CC4)cc3-c3ccncc3)ccc21. The van der Waals surface area contributed by atoms with E-state index in [-0.39, 0.29) is 12.4 Å². The molecule has 1 fully saturated rings. The van der Waals surface area contributed by atoms with Gasteiger partial charge in [0.1, 0.15) is 11.5 Å². The Bertz CT molecular complexity index is 1050. The molecule has 0 radical (unpaired) electrons. The Labute approximate surface area is 176 Å². The molecule has 0 spiro atoms. The molecule has 3 aromatic rings. The molecule has 5 heteroatoms. The summed E-state index contributed by atoms with van der Waals surface area (Å²) in [4.78, 5) is 18.5. The lowest BCUT2D eigenvalue weighted by molar-refractivity contribution is 0.0994. The highest BCUT2D eigenvalue weighted by Crippen LogP contribution is 2.41. The van der Waals surface area contributed by atoms with Gasteiger partial charge in [-0.05, 0) is 67.7 Å². The topological polar surface area (TPSA) is 66.6 Å². The van der Waals surface area contributed by atoms with Crippen LogP contribution in [0.5, 0.6) is 0 Å². The molecule has 2 aromatic heterocycles. The maximum Gasteiger partial charge on any atom is 0.163 e. The first-order valence-electron chi connectivity index (χ1n) is 10.8. The molecule has 0 amide bonds. The monoisotopic (exact) mass is 402 g/mol. The average molecular weight is 402 g/mol. The summed E-state index contributed by atoms with van der Waals surface area (Å²) in [5.74, 6) is 2.51. The second-order valence-electron chi connectivity index (χ2n) is 8.26. The number of likely N-dealkylation sites (tertiary alicyclic amines) is 1. The van der Waals surface area contributed by atoms with Gasteiger partial charge in [0, 0.05) is 48.0 Å². The first-order valence-corrected chi connectivity index (χ1v) is 10.8.